The fraction of sp³-hybridized carbons (Fsp3) is 0.458. The fourth-order valence-electron chi connectivity index (χ4n) is 4.47. The SMILES string of the molecule is O=C(C1CCCN(Cc2ccc(Br)cc2)C1)N1CCN(Cc2ccccc2)CC1. The van der Waals surface area contributed by atoms with Crippen molar-refractivity contribution >= 4 is 21.8 Å². The number of carbonyl (C=O) groups is 1. The smallest absolute Gasteiger partial charge is 0.227 e. The van der Waals surface area contributed by atoms with Crippen LogP contribution in [-0.4, -0.2) is 59.9 Å². The van der Waals surface area contributed by atoms with Crippen molar-refractivity contribution < 1.29 is 4.79 Å². The summed E-state index contributed by atoms with van der Waals surface area (Å²) in [7, 11) is 0. The molecule has 2 aromatic carbocycles. The molecule has 0 N–H and O–H groups in total. The van der Waals surface area contributed by atoms with Gasteiger partial charge in [0.15, 0.2) is 0 Å². The Morgan fingerprint density at radius 2 is 1.48 bits per heavy atom. The average Bonchev–Trinajstić information content (AvgIpc) is 2.76. The highest BCUT2D eigenvalue weighted by molar-refractivity contribution is 9.10. The molecule has 154 valence electrons. The minimum Gasteiger partial charge on any atom is -0.340 e. The first-order valence-electron chi connectivity index (χ1n) is 10.7. The van der Waals surface area contributed by atoms with Crippen LogP contribution in [0.25, 0.3) is 0 Å². The first-order chi connectivity index (χ1) is 14.2. The molecule has 0 aromatic heterocycles. The van der Waals surface area contributed by atoms with E-state index >= 15 is 0 Å². The highest BCUT2D eigenvalue weighted by Crippen LogP contribution is 2.22. The van der Waals surface area contributed by atoms with Gasteiger partial charge in [-0.25, -0.2) is 0 Å². The summed E-state index contributed by atoms with van der Waals surface area (Å²) in [5.74, 6) is 0.518. The number of piperidine rings is 1. The quantitative estimate of drug-likeness (QED) is 0.681. The third kappa shape index (κ3) is 5.68. The van der Waals surface area contributed by atoms with Crippen molar-refractivity contribution in [1.29, 1.82) is 0 Å². The number of benzene rings is 2. The molecular formula is C24H30BrN3O. The van der Waals surface area contributed by atoms with Gasteiger partial charge in [0.25, 0.3) is 0 Å². The predicted molar refractivity (Wildman–Crippen MR) is 120 cm³/mol. The first kappa shape index (κ1) is 20.6. The number of piperazine rings is 1. The van der Waals surface area contributed by atoms with Gasteiger partial charge in [-0.2, -0.15) is 0 Å². The van der Waals surface area contributed by atoms with E-state index in [2.05, 4.69) is 85.2 Å². The van der Waals surface area contributed by atoms with Crippen LogP contribution < -0.4 is 0 Å². The molecule has 1 unspecified atom stereocenters. The van der Waals surface area contributed by atoms with E-state index in [-0.39, 0.29) is 5.92 Å². The molecule has 0 spiro atoms. The lowest BCUT2D eigenvalue weighted by molar-refractivity contribution is -0.139. The number of carbonyl (C=O) groups excluding carboxylic acids is 1. The van der Waals surface area contributed by atoms with E-state index in [4.69, 9.17) is 0 Å². The Labute approximate surface area is 182 Å². The lowest BCUT2D eigenvalue weighted by Crippen LogP contribution is -2.52. The maximum atomic E-state index is 13.1. The Kier molecular flexibility index (Phi) is 7.01. The Bertz CT molecular complexity index is 788. The van der Waals surface area contributed by atoms with Gasteiger partial charge in [-0.3, -0.25) is 14.6 Å². The van der Waals surface area contributed by atoms with Crippen LogP contribution in [-0.2, 0) is 17.9 Å². The van der Waals surface area contributed by atoms with Crippen LogP contribution in [0.1, 0.15) is 24.0 Å². The molecule has 0 radical (unpaired) electrons. The summed E-state index contributed by atoms with van der Waals surface area (Å²) in [4.78, 5) is 20.1. The highest BCUT2D eigenvalue weighted by Gasteiger charge is 2.31. The molecule has 1 atom stereocenters. The van der Waals surface area contributed by atoms with E-state index in [1.165, 1.54) is 11.1 Å². The summed E-state index contributed by atoms with van der Waals surface area (Å²) in [5, 5.41) is 0. The normalized spacial score (nSPS) is 21.3. The van der Waals surface area contributed by atoms with Gasteiger partial charge in [-0.1, -0.05) is 58.4 Å². The molecule has 0 bridgehead atoms. The Morgan fingerprint density at radius 3 is 2.21 bits per heavy atom. The molecule has 4 rings (SSSR count). The molecule has 2 fully saturated rings. The van der Waals surface area contributed by atoms with Gasteiger partial charge in [-0.05, 0) is 42.6 Å². The Hall–Kier alpha value is -1.69. The summed E-state index contributed by atoms with van der Waals surface area (Å²) in [6, 6.07) is 19.1. The molecule has 2 saturated heterocycles. The highest BCUT2D eigenvalue weighted by atomic mass is 79.9. The van der Waals surface area contributed by atoms with Crippen LogP contribution in [0, 0.1) is 5.92 Å². The van der Waals surface area contributed by atoms with Gasteiger partial charge in [-0.15, -0.1) is 0 Å². The Morgan fingerprint density at radius 1 is 0.828 bits per heavy atom. The number of nitrogens with zero attached hydrogens (tertiary/aromatic N) is 3. The minimum atomic E-state index is 0.153. The standard InChI is InChI=1S/C24H30BrN3O/c25-23-10-8-21(9-11-23)18-27-12-4-7-22(19-27)24(29)28-15-13-26(14-16-28)17-20-5-2-1-3-6-20/h1-3,5-6,8-11,22H,4,7,12-19H2. The number of hydrogen-bond acceptors (Lipinski definition) is 3. The molecule has 0 aliphatic carbocycles. The molecule has 2 aliphatic rings. The van der Waals surface area contributed by atoms with Crippen molar-refractivity contribution in [3.8, 4) is 0 Å². The largest absolute Gasteiger partial charge is 0.340 e. The predicted octanol–water partition coefficient (Wildman–Crippen LogP) is 4.01. The van der Waals surface area contributed by atoms with Crippen LogP contribution >= 0.6 is 15.9 Å². The number of amides is 1. The Balaban J connectivity index is 1.26. The van der Waals surface area contributed by atoms with E-state index < -0.39 is 0 Å². The molecule has 2 aromatic rings. The van der Waals surface area contributed by atoms with Crippen molar-refractivity contribution in [3.05, 3.63) is 70.2 Å². The second kappa shape index (κ2) is 9.88. The number of rotatable bonds is 5. The van der Waals surface area contributed by atoms with Gasteiger partial charge < -0.3 is 4.90 Å². The third-order valence-electron chi connectivity index (χ3n) is 6.11. The summed E-state index contributed by atoms with van der Waals surface area (Å²) in [5.41, 5.74) is 2.67. The second-order valence-corrected chi connectivity index (χ2v) is 9.20. The number of halogens is 1. The fourth-order valence-corrected chi connectivity index (χ4v) is 4.74. The van der Waals surface area contributed by atoms with Gasteiger partial charge in [0.2, 0.25) is 5.91 Å². The monoisotopic (exact) mass is 455 g/mol. The van der Waals surface area contributed by atoms with Crippen LogP contribution in [0.5, 0.6) is 0 Å². The molecule has 29 heavy (non-hydrogen) atoms. The summed E-state index contributed by atoms with van der Waals surface area (Å²) in [6.45, 7) is 7.54. The second-order valence-electron chi connectivity index (χ2n) is 8.29. The maximum absolute atomic E-state index is 13.1. The van der Waals surface area contributed by atoms with Gasteiger partial charge in [0, 0.05) is 50.3 Å². The van der Waals surface area contributed by atoms with Gasteiger partial charge in [0.05, 0.1) is 5.92 Å². The molecule has 0 saturated carbocycles. The van der Waals surface area contributed by atoms with Crippen LogP contribution in [0.15, 0.2) is 59.1 Å². The zero-order chi connectivity index (χ0) is 20.1. The summed E-state index contributed by atoms with van der Waals surface area (Å²) < 4.78 is 1.11. The van der Waals surface area contributed by atoms with Crippen molar-refractivity contribution in [1.82, 2.24) is 14.7 Å². The van der Waals surface area contributed by atoms with Gasteiger partial charge >= 0.3 is 0 Å². The molecule has 5 heteroatoms. The zero-order valence-corrected chi connectivity index (χ0v) is 18.6. The van der Waals surface area contributed by atoms with Crippen LogP contribution in [0.3, 0.4) is 0 Å². The minimum absolute atomic E-state index is 0.153. The average molecular weight is 456 g/mol. The van der Waals surface area contributed by atoms with Crippen molar-refractivity contribution in [3.63, 3.8) is 0 Å². The number of likely N-dealkylation sites (tertiary alicyclic amines) is 1. The van der Waals surface area contributed by atoms with E-state index in [0.717, 1.165) is 69.7 Å². The zero-order valence-electron chi connectivity index (χ0n) is 17.0. The number of hydrogen-bond donors (Lipinski definition) is 0. The summed E-state index contributed by atoms with van der Waals surface area (Å²) >= 11 is 3.50. The molecule has 4 nitrogen and oxygen atoms in total. The van der Waals surface area contributed by atoms with Crippen LogP contribution in [0.4, 0.5) is 0 Å². The molecule has 2 heterocycles. The van der Waals surface area contributed by atoms with Crippen molar-refractivity contribution in [2.24, 2.45) is 5.92 Å². The lowest BCUT2D eigenvalue weighted by atomic mass is 9.95. The maximum Gasteiger partial charge on any atom is 0.227 e. The van der Waals surface area contributed by atoms with E-state index in [9.17, 15) is 4.79 Å². The first-order valence-corrected chi connectivity index (χ1v) is 11.5. The van der Waals surface area contributed by atoms with Crippen molar-refractivity contribution in [2.45, 2.75) is 25.9 Å². The van der Waals surface area contributed by atoms with Gasteiger partial charge in [0.1, 0.15) is 0 Å². The van der Waals surface area contributed by atoms with E-state index in [1.54, 1.807) is 0 Å². The lowest BCUT2D eigenvalue weighted by Gasteiger charge is -2.39. The summed E-state index contributed by atoms with van der Waals surface area (Å²) in [6.07, 6.45) is 2.14. The van der Waals surface area contributed by atoms with E-state index in [0.29, 0.717) is 5.91 Å². The third-order valence-corrected chi connectivity index (χ3v) is 6.64. The molecular weight excluding hydrogens is 426 g/mol. The topological polar surface area (TPSA) is 26.8 Å². The van der Waals surface area contributed by atoms with E-state index in [1.807, 2.05) is 0 Å². The molecule has 1 amide bonds. The molecule has 2 aliphatic heterocycles. The van der Waals surface area contributed by atoms with Crippen LogP contribution in [0.2, 0.25) is 0 Å². The van der Waals surface area contributed by atoms with Crippen molar-refractivity contribution in [2.75, 3.05) is 39.3 Å².